The van der Waals surface area contributed by atoms with Gasteiger partial charge in [-0.25, -0.2) is 18.7 Å². The third-order valence-electron chi connectivity index (χ3n) is 5.20. The number of methoxy groups -OCH3 is 1. The highest BCUT2D eigenvalue weighted by Crippen LogP contribution is 2.39. The van der Waals surface area contributed by atoms with Gasteiger partial charge in [0.15, 0.2) is 0 Å². The molecular formula is C26H41N3O5S2. The van der Waals surface area contributed by atoms with E-state index >= 15 is 0 Å². The molecule has 1 unspecified atom stereocenters. The van der Waals surface area contributed by atoms with Crippen molar-refractivity contribution in [1.82, 2.24) is 9.71 Å². The first-order valence-electron chi connectivity index (χ1n) is 12.4. The number of primary amides is 1. The summed E-state index contributed by atoms with van der Waals surface area (Å²) in [5.74, 6) is 1.27. The van der Waals surface area contributed by atoms with E-state index in [1.165, 1.54) is 37.1 Å². The molecule has 8 nitrogen and oxygen atoms in total. The van der Waals surface area contributed by atoms with Gasteiger partial charge in [-0.1, -0.05) is 19.3 Å². The van der Waals surface area contributed by atoms with Gasteiger partial charge in [0.2, 0.25) is 0 Å². The molecule has 1 aliphatic rings. The van der Waals surface area contributed by atoms with Gasteiger partial charge in [0, 0.05) is 30.3 Å². The summed E-state index contributed by atoms with van der Waals surface area (Å²) in [4.78, 5) is 16.3. The minimum absolute atomic E-state index is 0.0995. The van der Waals surface area contributed by atoms with Gasteiger partial charge in [0.05, 0.1) is 27.5 Å². The first-order chi connectivity index (χ1) is 17.0. The van der Waals surface area contributed by atoms with Crippen LogP contribution in [0.25, 0.3) is 10.4 Å². The zero-order valence-corrected chi connectivity index (χ0v) is 23.9. The van der Waals surface area contributed by atoms with E-state index in [1.807, 2.05) is 45.2 Å². The van der Waals surface area contributed by atoms with Crippen LogP contribution in [-0.4, -0.2) is 47.3 Å². The lowest BCUT2D eigenvalue weighted by molar-refractivity contribution is 0.125. The molecule has 3 rings (SSSR count). The average Bonchev–Trinajstić information content (AvgIpc) is 3.28. The van der Waals surface area contributed by atoms with Crippen molar-refractivity contribution in [2.24, 2.45) is 5.73 Å². The summed E-state index contributed by atoms with van der Waals surface area (Å²) >= 11 is 1.74. The van der Waals surface area contributed by atoms with E-state index in [-0.39, 0.29) is 11.6 Å². The predicted octanol–water partition coefficient (Wildman–Crippen LogP) is 5.78. The van der Waals surface area contributed by atoms with Crippen LogP contribution in [0, 0.1) is 0 Å². The number of hydrogen-bond acceptors (Lipinski definition) is 7. The molecule has 1 fully saturated rings. The SMILES string of the molecule is CC(C)OC(N)=O.COCCOc1ccc(-c2cnc(C3CCCCC3)s2)c(S(=O)NC(C)(C)C)c1. The fourth-order valence-electron chi connectivity index (χ4n) is 3.71. The summed E-state index contributed by atoms with van der Waals surface area (Å²) in [6.07, 6.45) is 7.49. The Hall–Kier alpha value is -2.01. The number of nitrogens with two attached hydrogens (primary N) is 1. The zero-order chi connectivity index (χ0) is 26.7. The highest BCUT2D eigenvalue weighted by Gasteiger charge is 2.22. The van der Waals surface area contributed by atoms with Gasteiger partial charge in [-0.2, -0.15) is 0 Å². The van der Waals surface area contributed by atoms with Gasteiger partial charge >= 0.3 is 6.09 Å². The van der Waals surface area contributed by atoms with Gasteiger partial charge < -0.3 is 19.9 Å². The molecule has 1 saturated carbocycles. The van der Waals surface area contributed by atoms with E-state index in [0.717, 1.165) is 15.3 Å². The summed E-state index contributed by atoms with van der Waals surface area (Å²) in [6, 6.07) is 5.81. The zero-order valence-electron chi connectivity index (χ0n) is 22.3. The minimum Gasteiger partial charge on any atom is -0.491 e. The van der Waals surface area contributed by atoms with Gasteiger partial charge in [0.25, 0.3) is 0 Å². The van der Waals surface area contributed by atoms with Crippen molar-refractivity contribution >= 4 is 28.4 Å². The first kappa shape index (κ1) is 30.2. The molecule has 202 valence electrons. The monoisotopic (exact) mass is 539 g/mol. The number of benzene rings is 1. The van der Waals surface area contributed by atoms with E-state index in [9.17, 15) is 9.00 Å². The maximum Gasteiger partial charge on any atom is 0.404 e. The van der Waals surface area contributed by atoms with Crippen LogP contribution in [0.15, 0.2) is 29.3 Å². The Kier molecular flexibility index (Phi) is 12.3. The van der Waals surface area contributed by atoms with Crippen LogP contribution in [0.5, 0.6) is 5.75 Å². The Morgan fingerprint density at radius 2 is 1.92 bits per heavy atom. The molecule has 1 aromatic carbocycles. The first-order valence-corrected chi connectivity index (χ1v) is 14.3. The molecule has 3 N–H and O–H groups in total. The van der Waals surface area contributed by atoms with Crippen molar-refractivity contribution in [3.8, 4) is 16.2 Å². The van der Waals surface area contributed by atoms with Gasteiger partial charge in [-0.15, -0.1) is 11.3 Å². The Balaban J connectivity index is 0.000000572. The van der Waals surface area contributed by atoms with Crippen molar-refractivity contribution < 1.29 is 23.2 Å². The Labute approximate surface area is 221 Å². The second-order valence-electron chi connectivity index (χ2n) is 10.0. The van der Waals surface area contributed by atoms with Crippen LogP contribution in [0.4, 0.5) is 4.79 Å². The molecule has 0 spiro atoms. The average molecular weight is 540 g/mol. The van der Waals surface area contributed by atoms with E-state index < -0.39 is 17.1 Å². The summed E-state index contributed by atoms with van der Waals surface area (Å²) in [7, 11) is 0.286. The number of rotatable bonds is 9. The fraction of sp³-hybridized carbons (Fsp3) is 0.615. The van der Waals surface area contributed by atoms with Gasteiger partial charge in [-0.3, -0.25) is 0 Å². The third-order valence-corrected chi connectivity index (χ3v) is 7.93. The molecule has 1 heterocycles. The van der Waals surface area contributed by atoms with Gasteiger partial charge in [-0.05, 0) is 65.7 Å². The second-order valence-corrected chi connectivity index (χ2v) is 12.2. The van der Waals surface area contributed by atoms with Crippen molar-refractivity contribution in [2.45, 2.75) is 89.2 Å². The van der Waals surface area contributed by atoms with Crippen LogP contribution >= 0.6 is 11.3 Å². The number of thiazole rings is 1. The van der Waals surface area contributed by atoms with E-state index in [1.54, 1.807) is 32.3 Å². The lowest BCUT2D eigenvalue weighted by Gasteiger charge is -2.21. The topological polar surface area (TPSA) is 113 Å². The van der Waals surface area contributed by atoms with E-state index in [2.05, 4.69) is 15.2 Å². The van der Waals surface area contributed by atoms with Crippen LogP contribution in [0.1, 0.15) is 77.6 Å². The number of nitrogens with one attached hydrogen (secondary N) is 1. The minimum atomic E-state index is -1.36. The molecule has 0 bridgehead atoms. The molecule has 1 aromatic heterocycles. The number of amides is 1. The standard InChI is InChI=1S/C22H32N2O3S2.C4H9NO2/c1-22(2,3)24-29(25)20-14-17(27-13-12-26-4)10-11-18(20)19-15-23-21(28-19)16-8-6-5-7-9-16;1-3(2)7-4(5)6/h10-11,14-16,24H,5-9,12-13H2,1-4H3;3H,1-2H3,(H2,5,6). The number of carbonyl (C=O) groups is 1. The largest absolute Gasteiger partial charge is 0.491 e. The lowest BCUT2D eigenvalue weighted by atomic mass is 9.90. The molecule has 10 heteroatoms. The second kappa shape index (κ2) is 14.7. The molecule has 1 atom stereocenters. The predicted molar refractivity (Wildman–Crippen MR) is 146 cm³/mol. The number of carbonyl (C=O) groups excluding carboxylic acids is 1. The van der Waals surface area contributed by atoms with E-state index in [4.69, 9.17) is 14.5 Å². The Morgan fingerprint density at radius 1 is 1.22 bits per heavy atom. The summed E-state index contributed by atoms with van der Waals surface area (Å²) < 4.78 is 31.5. The third kappa shape index (κ3) is 10.5. The van der Waals surface area contributed by atoms with Crippen molar-refractivity contribution in [3.05, 3.63) is 29.4 Å². The molecule has 0 radical (unpaired) electrons. The highest BCUT2D eigenvalue weighted by atomic mass is 32.2. The maximum atomic E-state index is 13.1. The molecule has 0 aliphatic heterocycles. The van der Waals surface area contributed by atoms with Crippen LogP contribution in [-0.2, 0) is 20.5 Å². The van der Waals surface area contributed by atoms with Crippen molar-refractivity contribution in [3.63, 3.8) is 0 Å². The fourth-order valence-corrected chi connectivity index (χ4v) is 6.17. The van der Waals surface area contributed by atoms with Crippen LogP contribution in [0.2, 0.25) is 0 Å². The number of hydrogen-bond donors (Lipinski definition) is 2. The molecule has 1 aliphatic carbocycles. The smallest absolute Gasteiger partial charge is 0.404 e. The number of nitrogens with zero attached hydrogens (tertiary/aromatic N) is 1. The van der Waals surface area contributed by atoms with Crippen LogP contribution < -0.4 is 15.2 Å². The highest BCUT2D eigenvalue weighted by molar-refractivity contribution is 7.83. The number of aromatic nitrogens is 1. The number of ether oxygens (including phenoxy) is 3. The lowest BCUT2D eigenvalue weighted by Crippen LogP contribution is -2.37. The summed E-state index contributed by atoms with van der Waals surface area (Å²) in [5.41, 5.74) is 5.32. The van der Waals surface area contributed by atoms with Gasteiger partial charge in [0.1, 0.15) is 23.3 Å². The normalized spacial score (nSPS) is 15.2. The molecule has 1 amide bonds. The summed E-state index contributed by atoms with van der Waals surface area (Å²) in [6.45, 7) is 10.5. The van der Waals surface area contributed by atoms with E-state index in [0.29, 0.717) is 24.9 Å². The molecule has 36 heavy (non-hydrogen) atoms. The maximum absolute atomic E-state index is 13.1. The van der Waals surface area contributed by atoms with Crippen LogP contribution in [0.3, 0.4) is 0 Å². The molecule has 2 aromatic rings. The Bertz CT molecular complexity index is 982. The van der Waals surface area contributed by atoms with Crippen molar-refractivity contribution in [1.29, 1.82) is 0 Å². The Morgan fingerprint density at radius 3 is 2.47 bits per heavy atom. The van der Waals surface area contributed by atoms with Crippen molar-refractivity contribution in [2.75, 3.05) is 20.3 Å². The quantitative estimate of drug-likeness (QED) is 0.390. The molecule has 0 saturated heterocycles. The molecular weight excluding hydrogens is 498 g/mol. The summed E-state index contributed by atoms with van der Waals surface area (Å²) in [5, 5.41) is 1.21.